The molecule has 2 aromatic carbocycles. The second kappa shape index (κ2) is 13.1. The first-order valence-corrected chi connectivity index (χ1v) is 18.4. The van der Waals surface area contributed by atoms with Crippen LogP contribution in [0.3, 0.4) is 0 Å². The fourth-order valence-electron chi connectivity index (χ4n) is 6.00. The van der Waals surface area contributed by atoms with Crippen LogP contribution in [0.4, 0.5) is 0 Å². The number of rotatable bonds is 12. The molecule has 244 valence electrons. The fourth-order valence-corrected chi connectivity index (χ4v) is 9.01. The third-order valence-electron chi connectivity index (χ3n) is 8.57. The van der Waals surface area contributed by atoms with Gasteiger partial charge in [0.05, 0.1) is 0 Å². The zero-order valence-electron chi connectivity index (χ0n) is 27.8. The zero-order valence-corrected chi connectivity index (χ0v) is 29.6. The highest BCUT2D eigenvalue weighted by Gasteiger charge is 2.40. The minimum atomic E-state index is -1.31. The van der Waals surface area contributed by atoms with Crippen molar-refractivity contribution in [3.05, 3.63) is 163 Å². The molecular weight excluding hydrogens is 634 g/mol. The number of nitrogens with zero attached hydrogens (tertiary/aromatic N) is 4. The Kier molecular flexibility index (Phi) is 8.68. The van der Waals surface area contributed by atoms with Gasteiger partial charge < -0.3 is 13.8 Å². The molecule has 0 atom stereocenters. The Labute approximate surface area is 285 Å². The van der Waals surface area contributed by atoms with Crippen LogP contribution in [0.25, 0.3) is 5.57 Å². The van der Waals surface area contributed by atoms with Crippen LogP contribution in [0.5, 0.6) is 23.0 Å². The molecule has 0 aliphatic carbocycles. The van der Waals surface area contributed by atoms with E-state index >= 15 is 0 Å². The maximum Gasteiger partial charge on any atom is 0.317 e. The first-order valence-electron chi connectivity index (χ1n) is 16.1. The summed E-state index contributed by atoms with van der Waals surface area (Å²) in [6.45, 7) is 17.3. The summed E-state index contributed by atoms with van der Waals surface area (Å²) in [6.07, 6.45) is 17.8. The molecule has 7 nitrogen and oxygen atoms in total. The molecule has 0 spiro atoms. The van der Waals surface area contributed by atoms with Crippen molar-refractivity contribution in [1.29, 1.82) is 0 Å². The van der Waals surface area contributed by atoms with E-state index in [9.17, 15) is 0 Å². The van der Waals surface area contributed by atoms with E-state index < -0.39 is 22.3 Å². The van der Waals surface area contributed by atoms with Crippen molar-refractivity contribution in [2.24, 2.45) is 0 Å². The average molecular weight is 675 g/mol. The lowest BCUT2D eigenvalue weighted by Gasteiger charge is -2.37. The highest BCUT2D eigenvalue weighted by molar-refractivity contribution is 7.49. The molecule has 1 aliphatic heterocycles. The summed E-state index contributed by atoms with van der Waals surface area (Å²) >= 11 is 0. The minimum absolute atomic E-state index is 0.457. The molecule has 0 N–H and O–H groups in total. The van der Waals surface area contributed by atoms with E-state index in [4.69, 9.17) is 13.8 Å². The third kappa shape index (κ3) is 6.05. The predicted molar refractivity (Wildman–Crippen MR) is 197 cm³/mol. The summed E-state index contributed by atoms with van der Waals surface area (Å²) in [5.41, 5.74) is 5.93. The van der Waals surface area contributed by atoms with Crippen LogP contribution >= 0.6 is 16.9 Å². The Morgan fingerprint density at radius 2 is 1.08 bits per heavy atom. The first kappa shape index (κ1) is 31.9. The summed E-state index contributed by atoms with van der Waals surface area (Å²) in [4.78, 5) is 0. The number of ether oxygens (including phenoxy) is 1. The van der Waals surface area contributed by atoms with E-state index in [1.54, 1.807) is 0 Å². The van der Waals surface area contributed by atoms with Crippen LogP contribution in [0.1, 0.15) is 56.4 Å². The van der Waals surface area contributed by atoms with Gasteiger partial charge >= 0.3 is 16.9 Å². The predicted octanol–water partition coefficient (Wildman–Crippen LogP) is 11.3. The largest absolute Gasteiger partial charge is 0.449 e. The van der Waals surface area contributed by atoms with Crippen LogP contribution in [0.2, 0.25) is 0 Å². The summed E-state index contributed by atoms with van der Waals surface area (Å²) in [5, 5.41) is 0. The molecule has 0 amide bonds. The van der Waals surface area contributed by atoms with Gasteiger partial charge in [0.15, 0.2) is 23.0 Å². The summed E-state index contributed by atoms with van der Waals surface area (Å²) < 4.78 is 29.5. The quantitative estimate of drug-likeness (QED) is 0.0959. The Bertz CT molecular complexity index is 1980. The molecule has 9 heteroatoms. The number of aromatic nitrogens is 4. The maximum absolute atomic E-state index is 7.06. The van der Waals surface area contributed by atoms with Crippen LogP contribution in [0.15, 0.2) is 141 Å². The third-order valence-corrected chi connectivity index (χ3v) is 11.9. The van der Waals surface area contributed by atoms with Gasteiger partial charge in [0.2, 0.25) is 0 Å². The van der Waals surface area contributed by atoms with Crippen LogP contribution in [0, 0.1) is 0 Å². The van der Waals surface area contributed by atoms with Gasteiger partial charge in [-0.3, -0.25) is 17.4 Å². The zero-order chi connectivity index (χ0) is 33.4. The molecule has 0 unspecified atom stereocenters. The van der Waals surface area contributed by atoms with Crippen molar-refractivity contribution >= 4 is 22.5 Å². The highest BCUT2D eigenvalue weighted by Crippen LogP contribution is 2.59. The molecule has 1 aliphatic rings. The van der Waals surface area contributed by atoms with Gasteiger partial charge in [-0.15, -0.1) is 0 Å². The number of hydrogen-bond donors (Lipinski definition) is 0. The van der Waals surface area contributed by atoms with E-state index in [0.29, 0.717) is 23.0 Å². The van der Waals surface area contributed by atoms with E-state index in [-0.39, 0.29) is 0 Å². The van der Waals surface area contributed by atoms with Crippen molar-refractivity contribution < 1.29 is 13.8 Å². The lowest BCUT2D eigenvalue weighted by Crippen LogP contribution is -2.26. The molecule has 4 aromatic heterocycles. The van der Waals surface area contributed by atoms with Crippen molar-refractivity contribution in [3.8, 4) is 23.0 Å². The molecule has 7 rings (SSSR count). The van der Waals surface area contributed by atoms with Gasteiger partial charge in [0.1, 0.15) is 0 Å². The number of benzene rings is 2. The van der Waals surface area contributed by atoms with E-state index in [1.165, 1.54) is 0 Å². The van der Waals surface area contributed by atoms with Gasteiger partial charge in [-0.05, 0) is 103 Å². The number of allylic oxidation sites excluding steroid dienone is 2. The molecule has 0 saturated carbocycles. The average Bonchev–Trinajstić information content (AvgIpc) is 3.91. The lowest BCUT2D eigenvalue weighted by atomic mass is 9.74. The second-order valence-electron chi connectivity index (χ2n) is 12.6. The van der Waals surface area contributed by atoms with Gasteiger partial charge in [-0.25, -0.2) is 0 Å². The Balaban J connectivity index is 1.40. The minimum Gasteiger partial charge on any atom is -0.449 e. The topological polar surface area (TPSA) is 47.4 Å². The van der Waals surface area contributed by atoms with Gasteiger partial charge in [-0.2, -0.15) is 0 Å². The molecule has 5 heterocycles. The molecule has 0 fully saturated rings. The highest BCUT2D eigenvalue weighted by atomic mass is 31.2. The Morgan fingerprint density at radius 3 is 1.50 bits per heavy atom. The van der Waals surface area contributed by atoms with Crippen LogP contribution in [-0.2, 0) is 11.8 Å². The summed E-state index contributed by atoms with van der Waals surface area (Å²) in [5.74, 6) is 2.74. The van der Waals surface area contributed by atoms with Crippen LogP contribution < -0.4 is 13.8 Å². The monoisotopic (exact) mass is 674 g/mol. The van der Waals surface area contributed by atoms with Gasteiger partial charge in [0, 0.05) is 66.1 Å². The van der Waals surface area contributed by atoms with Crippen LogP contribution in [-0.4, -0.2) is 17.4 Å². The Morgan fingerprint density at radius 1 is 0.667 bits per heavy atom. The number of hydrogen-bond acceptors (Lipinski definition) is 3. The molecule has 6 aromatic rings. The first-order chi connectivity index (χ1) is 23.2. The molecule has 0 bridgehead atoms. The lowest BCUT2D eigenvalue weighted by molar-refractivity contribution is 0.384. The van der Waals surface area contributed by atoms with E-state index in [0.717, 1.165) is 46.2 Å². The number of fused-ring (bicyclic) bond motifs is 2. The van der Waals surface area contributed by atoms with E-state index in [1.807, 2.05) is 98.1 Å². The van der Waals surface area contributed by atoms with Crippen molar-refractivity contribution in [2.75, 3.05) is 0 Å². The molecule has 0 saturated heterocycles. The Hall–Kier alpha value is -4.70. The van der Waals surface area contributed by atoms with Crippen molar-refractivity contribution in [3.63, 3.8) is 0 Å². The van der Waals surface area contributed by atoms with Gasteiger partial charge in [-0.1, -0.05) is 45.6 Å². The van der Waals surface area contributed by atoms with Crippen molar-refractivity contribution in [2.45, 2.75) is 46.0 Å². The fraction of sp³-hybridized carbons (Fsp3) is 0.179. The molecular formula is C39H40N4O3P2. The molecule has 48 heavy (non-hydrogen) atoms. The smallest absolute Gasteiger partial charge is 0.317 e. The SMILES string of the molecule is C=C(C)Cc1cc(OP(n2cccc2)n2cccc2)c2c(c1)C(C)(C)c1cc(C(=C)CC)cc(OP(n3cccc3)n3cccc3)c1O2. The molecule has 0 radical (unpaired) electrons. The van der Waals surface area contributed by atoms with E-state index in [2.05, 4.69) is 82.5 Å². The maximum atomic E-state index is 7.06. The summed E-state index contributed by atoms with van der Waals surface area (Å²) in [6, 6.07) is 24.8. The normalized spacial score (nSPS) is 13.2. The van der Waals surface area contributed by atoms with Gasteiger partial charge in [0.25, 0.3) is 0 Å². The second-order valence-corrected chi connectivity index (χ2v) is 15.8. The summed E-state index contributed by atoms with van der Waals surface area (Å²) in [7, 11) is -2.61. The standard InChI is InChI=1S/C39H40N4O3P2/c1-7-30(4)32-27-34-38(36(28-32)46-48(42-20-12-13-21-42)43-22-14-15-23-43)44-37-33(39(34,5)6)25-31(24-29(2)3)26-35(37)45-47(40-16-8-9-17-40)41-18-10-11-19-41/h8-23,25-28H,2,4,7,24H2,1,3,5-6H3. The van der Waals surface area contributed by atoms with Crippen molar-refractivity contribution in [1.82, 2.24) is 17.4 Å².